The summed E-state index contributed by atoms with van der Waals surface area (Å²) >= 11 is 0. The van der Waals surface area contributed by atoms with Gasteiger partial charge in [-0.3, -0.25) is 4.79 Å². The second kappa shape index (κ2) is 8.43. The Labute approximate surface area is 181 Å². The van der Waals surface area contributed by atoms with Crippen molar-refractivity contribution in [2.45, 2.75) is 37.6 Å². The molecule has 6 nitrogen and oxygen atoms in total. The molecule has 31 heavy (non-hydrogen) atoms. The van der Waals surface area contributed by atoms with Gasteiger partial charge in [-0.15, -0.1) is 0 Å². The minimum Gasteiger partial charge on any atom is -0.467 e. The standard InChI is InChI=1S/C24H24N2O4S/c1-17-9-10-18(2)19(12-17)16-31(28,29)23-14-26(22-8-4-3-7-21(22)23)15-24(27)25-13-20-6-5-11-30-20/h3-12,14H,13,15-16H2,1-2H3,(H,25,27). The molecule has 0 saturated carbocycles. The van der Waals surface area contributed by atoms with Gasteiger partial charge in [-0.2, -0.15) is 0 Å². The second-order valence-electron chi connectivity index (χ2n) is 7.68. The van der Waals surface area contributed by atoms with Crippen LogP contribution in [0.1, 0.15) is 22.5 Å². The quantitative estimate of drug-likeness (QED) is 0.472. The Bertz CT molecular complexity index is 1340. The number of aryl methyl sites for hydroxylation is 2. The summed E-state index contributed by atoms with van der Waals surface area (Å²) in [7, 11) is -3.61. The summed E-state index contributed by atoms with van der Waals surface area (Å²) in [5.74, 6) is 0.345. The number of fused-ring (bicyclic) bond motifs is 1. The summed E-state index contributed by atoms with van der Waals surface area (Å²) in [6.07, 6.45) is 3.12. The number of rotatable bonds is 7. The summed E-state index contributed by atoms with van der Waals surface area (Å²) in [6, 6.07) is 16.6. The van der Waals surface area contributed by atoms with Crippen LogP contribution in [-0.2, 0) is 33.5 Å². The zero-order valence-corrected chi connectivity index (χ0v) is 18.3. The van der Waals surface area contributed by atoms with E-state index < -0.39 is 9.84 Å². The van der Waals surface area contributed by atoms with Crippen LogP contribution < -0.4 is 5.32 Å². The number of hydrogen-bond acceptors (Lipinski definition) is 4. The Morgan fingerprint density at radius 3 is 2.65 bits per heavy atom. The Hall–Kier alpha value is -3.32. The molecule has 0 atom stereocenters. The molecule has 2 heterocycles. The Kier molecular flexibility index (Phi) is 5.69. The summed E-state index contributed by atoms with van der Waals surface area (Å²) < 4.78 is 33.6. The molecule has 160 valence electrons. The molecule has 0 spiro atoms. The summed E-state index contributed by atoms with van der Waals surface area (Å²) in [6.45, 7) is 4.16. The van der Waals surface area contributed by atoms with Gasteiger partial charge in [0.15, 0.2) is 9.84 Å². The molecule has 4 aromatic rings. The lowest BCUT2D eigenvalue weighted by Gasteiger charge is -2.08. The van der Waals surface area contributed by atoms with Crippen molar-refractivity contribution in [3.05, 3.63) is 89.5 Å². The lowest BCUT2D eigenvalue weighted by molar-refractivity contribution is -0.121. The molecule has 0 radical (unpaired) electrons. The molecule has 1 amide bonds. The molecule has 2 aromatic carbocycles. The lowest BCUT2D eigenvalue weighted by atomic mass is 10.1. The fraction of sp³-hybridized carbons (Fsp3) is 0.208. The zero-order valence-electron chi connectivity index (χ0n) is 17.5. The van der Waals surface area contributed by atoms with Crippen LogP contribution in [0.4, 0.5) is 0 Å². The number of aromatic nitrogens is 1. The van der Waals surface area contributed by atoms with Crippen LogP contribution in [0.3, 0.4) is 0 Å². The fourth-order valence-electron chi connectivity index (χ4n) is 3.64. The zero-order chi connectivity index (χ0) is 22.0. The Balaban J connectivity index is 1.62. The van der Waals surface area contributed by atoms with Gasteiger partial charge in [0.25, 0.3) is 0 Å². The normalized spacial score (nSPS) is 11.7. The number of amides is 1. The Morgan fingerprint density at radius 1 is 1.06 bits per heavy atom. The van der Waals surface area contributed by atoms with E-state index in [1.807, 2.05) is 44.2 Å². The van der Waals surface area contributed by atoms with Gasteiger partial charge in [0, 0.05) is 17.1 Å². The van der Waals surface area contributed by atoms with Gasteiger partial charge in [0.1, 0.15) is 12.3 Å². The first-order valence-electron chi connectivity index (χ1n) is 9.99. The summed E-state index contributed by atoms with van der Waals surface area (Å²) in [5, 5.41) is 3.41. The molecule has 0 fully saturated rings. The molecule has 0 unspecified atom stereocenters. The van der Waals surface area contributed by atoms with Crippen LogP contribution in [0, 0.1) is 13.8 Å². The third-order valence-electron chi connectivity index (χ3n) is 5.29. The first-order valence-corrected chi connectivity index (χ1v) is 11.6. The van der Waals surface area contributed by atoms with Crippen molar-refractivity contribution in [1.82, 2.24) is 9.88 Å². The maximum atomic E-state index is 13.3. The second-order valence-corrected chi connectivity index (χ2v) is 9.64. The number of nitrogens with one attached hydrogen (secondary N) is 1. The van der Waals surface area contributed by atoms with E-state index >= 15 is 0 Å². The number of carbonyl (C=O) groups excluding carboxylic acids is 1. The van der Waals surface area contributed by atoms with Crippen molar-refractivity contribution >= 4 is 26.6 Å². The molecule has 1 N–H and O–H groups in total. The highest BCUT2D eigenvalue weighted by Crippen LogP contribution is 2.29. The lowest BCUT2D eigenvalue weighted by Crippen LogP contribution is -2.26. The SMILES string of the molecule is Cc1ccc(C)c(CS(=O)(=O)c2cn(CC(=O)NCc3ccco3)c3ccccc23)c1. The monoisotopic (exact) mass is 436 g/mol. The molecule has 0 bridgehead atoms. The van der Waals surface area contributed by atoms with Gasteiger partial charge in [0.05, 0.1) is 23.5 Å². The smallest absolute Gasteiger partial charge is 0.240 e. The van der Waals surface area contributed by atoms with Gasteiger partial charge in [-0.25, -0.2) is 8.42 Å². The van der Waals surface area contributed by atoms with Crippen LogP contribution in [0.25, 0.3) is 10.9 Å². The van der Waals surface area contributed by atoms with Gasteiger partial charge in [0.2, 0.25) is 5.91 Å². The molecule has 4 rings (SSSR count). The summed E-state index contributed by atoms with van der Waals surface area (Å²) in [4.78, 5) is 12.7. The number of furan rings is 1. The molecule has 2 aromatic heterocycles. The van der Waals surface area contributed by atoms with Crippen molar-refractivity contribution in [1.29, 1.82) is 0 Å². The maximum Gasteiger partial charge on any atom is 0.240 e. The first kappa shape index (κ1) is 20.9. The Morgan fingerprint density at radius 2 is 1.87 bits per heavy atom. The molecular formula is C24H24N2O4S. The van der Waals surface area contributed by atoms with E-state index in [2.05, 4.69) is 5.32 Å². The average molecular weight is 437 g/mol. The van der Waals surface area contributed by atoms with Crippen molar-refractivity contribution < 1.29 is 17.6 Å². The topological polar surface area (TPSA) is 81.3 Å². The average Bonchev–Trinajstić information content (AvgIpc) is 3.38. The van der Waals surface area contributed by atoms with Crippen LogP contribution in [-0.4, -0.2) is 18.9 Å². The van der Waals surface area contributed by atoms with E-state index in [0.29, 0.717) is 16.7 Å². The van der Waals surface area contributed by atoms with Crippen LogP contribution in [0.5, 0.6) is 0 Å². The van der Waals surface area contributed by atoms with Crippen LogP contribution in [0.2, 0.25) is 0 Å². The largest absolute Gasteiger partial charge is 0.467 e. The van der Waals surface area contributed by atoms with Gasteiger partial charge in [-0.1, -0.05) is 42.0 Å². The third kappa shape index (κ3) is 4.56. The molecule has 0 aliphatic rings. The van der Waals surface area contributed by atoms with E-state index in [0.717, 1.165) is 16.7 Å². The maximum absolute atomic E-state index is 13.3. The van der Waals surface area contributed by atoms with Crippen molar-refractivity contribution in [2.24, 2.45) is 0 Å². The van der Waals surface area contributed by atoms with Gasteiger partial charge >= 0.3 is 0 Å². The molecule has 7 heteroatoms. The number of carbonyl (C=O) groups is 1. The highest BCUT2D eigenvalue weighted by Gasteiger charge is 2.23. The van der Waals surface area contributed by atoms with Crippen molar-refractivity contribution in [2.75, 3.05) is 0 Å². The van der Waals surface area contributed by atoms with Crippen molar-refractivity contribution in [3.8, 4) is 0 Å². The predicted octanol–water partition coefficient (Wildman–Crippen LogP) is 4.14. The van der Waals surface area contributed by atoms with E-state index in [1.165, 1.54) is 0 Å². The number of benzene rings is 2. The number of nitrogens with zero attached hydrogens (tertiary/aromatic N) is 1. The van der Waals surface area contributed by atoms with Crippen molar-refractivity contribution in [3.63, 3.8) is 0 Å². The molecule has 0 saturated heterocycles. The van der Waals surface area contributed by atoms with E-state index in [1.54, 1.807) is 41.3 Å². The fourth-order valence-corrected chi connectivity index (χ4v) is 5.31. The van der Waals surface area contributed by atoms with Gasteiger partial charge < -0.3 is 14.3 Å². The van der Waals surface area contributed by atoms with E-state index in [9.17, 15) is 13.2 Å². The minimum absolute atomic E-state index is 0.0141. The first-order chi connectivity index (χ1) is 14.8. The third-order valence-corrected chi connectivity index (χ3v) is 6.98. The molecule has 0 aliphatic heterocycles. The van der Waals surface area contributed by atoms with E-state index in [-0.39, 0.29) is 29.6 Å². The number of para-hydroxylation sites is 1. The minimum atomic E-state index is -3.61. The van der Waals surface area contributed by atoms with E-state index in [4.69, 9.17) is 4.42 Å². The highest BCUT2D eigenvalue weighted by atomic mass is 32.2. The van der Waals surface area contributed by atoms with Gasteiger partial charge in [-0.05, 0) is 43.2 Å². The van der Waals surface area contributed by atoms with Crippen LogP contribution in [0.15, 0.2) is 76.4 Å². The summed E-state index contributed by atoms with van der Waals surface area (Å²) in [5.41, 5.74) is 3.45. The molecular weight excluding hydrogens is 412 g/mol. The van der Waals surface area contributed by atoms with Crippen LogP contribution >= 0.6 is 0 Å². The number of hydrogen-bond donors (Lipinski definition) is 1. The predicted molar refractivity (Wildman–Crippen MR) is 119 cm³/mol. The molecule has 0 aliphatic carbocycles. The highest BCUT2D eigenvalue weighted by molar-refractivity contribution is 7.90. The number of sulfone groups is 1.